The highest BCUT2D eigenvalue weighted by atomic mass is 32.2. The van der Waals surface area contributed by atoms with Crippen LogP contribution in [0, 0.1) is 0 Å². The molecule has 0 saturated heterocycles. The van der Waals surface area contributed by atoms with E-state index >= 15 is 0 Å². The first kappa shape index (κ1) is 19.2. The molecule has 0 amide bonds. The Hall–Kier alpha value is -1.82. The van der Waals surface area contributed by atoms with Crippen molar-refractivity contribution in [2.45, 2.75) is 39.4 Å². The molecule has 0 N–H and O–H groups in total. The lowest BCUT2D eigenvalue weighted by Gasteiger charge is -2.21. The van der Waals surface area contributed by atoms with Gasteiger partial charge in [-0.3, -0.25) is 0 Å². The number of benzene rings is 1. The molecule has 5 nitrogen and oxygen atoms in total. The van der Waals surface area contributed by atoms with E-state index in [9.17, 15) is 13.2 Å². The zero-order valence-corrected chi connectivity index (χ0v) is 15.2. The van der Waals surface area contributed by atoms with Crippen LogP contribution in [0.3, 0.4) is 0 Å². The van der Waals surface area contributed by atoms with Crippen LogP contribution in [-0.2, 0) is 24.1 Å². The number of carbonyl (C=O) groups is 1. The van der Waals surface area contributed by atoms with E-state index in [1.165, 1.54) is 0 Å². The summed E-state index contributed by atoms with van der Waals surface area (Å²) in [7, 11) is -2.67. The third-order valence-corrected chi connectivity index (χ3v) is 2.78. The highest BCUT2D eigenvalue weighted by Crippen LogP contribution is 2.40. The summed E-state index contributed by atoms with van der Waals surface area (Å²) >= 11 is 0. The van der Waals surface area contributed by atoms with Crippen LogP contribution in [0.4, 0.5) is 0 Å². The minimum absolute atomic E-state index is 0.0554. The van der Waals surface area contributed by atoms with Gasteiger partial charge in [0.25, 0.3) is 0 Å². The van der Waals surface area contributed by atoms with Crippen molar-refractivity contribution < 1.29 is 22.7 Å². The lowest BCUT2D eigenvalue weighted by atomic mass is 9.92. The molecule has 1 aliphatic heterocycles. The Morgan fingerprint density at radius 1 is 1.09 bits per heavy atom. The fraction of sp³-hybridized carbons (Fsp3) is 0.471. The predicted molar refractivity (Wildman–Crippen MR) is 90.5 cm³/mol. The molecule has 1 aliphatic rings. The summed E-state index contributed by atoms with van der Waals surface area (Å²) in [4.78, 5) is 11.9. The molecule has 0 aliphatic carbocycles. The van der Waals surface area contributed by atoms with Gasteiger partial charge in [0, 0.05) is 12.5 Å². The summed E-state index contributed by atoms with van der Waals surface area (Å²) in [5.74, 6) is -0.0475. The van der Waals surface area contributed by atoms with Crippen molar-refractivity contribution in [3.05, 3.63) is 41.7 Å². The van der Waals surface area contributed by atoms with E-state index in [1.807, 2.05) is 58.0 Å². The molecule has 128 valence electrons. The van der Waals surface area contributed by atoms with Gasteiger partial charge in [0.15, 0.2) is 0 Å². The number of sulfone groups is 1. The second-order valence-corrected chi connectivity index (χ2v) is 8.57. The first-order valence-electron chi connectivity index (χ1n) is 7.27. The van der Waals surface area contributed by atoms with Gasteiger partial charge in [-0.2, -0.15) is 0 Å². The second-order valence-electron chi connectivity index (χ2n) is 6.28. The maximum Gasteiger partial charge on any atom is 0.374 e. The van der Waals surface area contributed by atoms with Gasteiger partial charge in [0.1, 0.15) is 15.4 Å². The van der Waals surface area contributed by atoms with Gasteiger partial charge in [0.05, 0.1) is 11.7 Å². The van der Waals surface area contributed by atoms with Crippen LogP contribution in [0.15, 0.2) is 36.1 Å². The van der Waals surface area contributed by atoms with Gasteiger partial charge >= 0.3 is 5.97 Å². The van der Waals surface area contributed by atoms with E-state index in [0.29, 0.717) is 5.76 Å². The van der Waals surface area contributed by atoms with Gasteiger partial charge in [-0.1, -0.05) is 30.3 Å². The molecule has 0 bridgehead atoms. The quantitative estimate of drug-likeness (QED) is 0.791. The zero-order valence-electron chi connectivity index (χ0n) is 14.4. The number of carbonyl (C=O) groups excluding carboxylic acids is 1. The molecule has 0 aromatic heterocycles. The fourth-order valence-electron chi connectivity index (χ4n) is 2.13. The summed E-state index contributed by atoms with van der Waals surface area (Å²) in [6.45, 7) is 7.55. The molecule has 1 aromatic rings. The minimum atomic E-state index is -2.67. The van der Waals surface area contributed by atoms with Gasteiger partial charge in [-0.15, -0.1) is 0 Å². The maximum atomic E-state index is 11.9. The second kappa shape index (κ2) is 7.17. The average molecular weight is 340 g/mol. The summed E-state index contributed by atoms with van der Waals surface area (Å²) in [5.41, 5.74) is 1.13. The lowest BCUT2D eigenvalue weighted by Crippen LogP contribution is -2.22. The molecule has 0 unspecified atom stereocenters. The van der Waals surface area contributed by atoms with E-state index in [4.69, 9.17) is 9.47 Å². The van der Waals surface area contributed by atoms with Gasteiger partial charge in [0.2, 0.25) is 5.76 Å². The van der Waals surface area contributed by atoms with Crippen molar-refractivity contribution in [3.63, 3.8) is 0 Å². The first-order valence-corrected chi connectivity index (χ1v) is 9.57. The van der Waals surface area contributed by atoms with Crippen LogP contribution in [-0.4, -0.2) is 38.6 Å². The molecule has 1 aromatic carbocycles. The molecule has 1 heterocycles. The van der Waals surface area contributed by atoms with Gasteiger partial charge < -0.3 is 9.47 Å². The Kier molecular flexibility index (Phi) is 5.99. The van der Waals surface area contributed by atoms with Crippen LogP contribution in [0.25, 0.3) is 5.57 Å². The highest BCUT2D eigenvalue weighted by Gasteiger charge is 2.42. The van der Waals surface area contributed by atoms with Gasteiger partial charge in [-0.05, 0) is 33.3 Å². The van der Waals surface area contributed by atoms with E-state index in [1.54, 1.807) is 0 Å². The number of esters is 1. The predicted octanol–water partition coefficient (Wildman–Crippen LogP) is 2.82. The Balaban J connectivity index is 0.000000463. The standard InChI is InChI=1S/C15H18O3.C2H6O2S/c1-10(2)17-13-12(11-8-6-5-7-9-11)15(3,4)18-14(13)16;1-5(2,3)4/h5-10H,1-4H3;1-2H3. The van der Waals surface area contributed by atoms with Crippen LogP contribution in [0.1, 0.15) is 33.3 Å². The zero-order chi connectivity index (χ0) is 17.8. The summed E-state index contributed by atoms with van der Waals surface area (Å²) in [6.07, 6.45) is 2.26. The molecule has 23 heavy (non-hydrogen) atoms. The SMILES string of the molecule is CC(C)OC1=C(c2ccccc2)C(C)(C)OC1=O.CS(C)(=O)=O. The summed E-state index contributed by atoms with van der Waals surface area (Å²) < 4.78 is 30.3. The fourth-order valence-corrected chi connectivity index (χ4v) is 2.13. The molecule has 0 saturated carbocycles. The van der Waals surface area contributed by atoms with Crippen LogP contribution >= 0.6 is 0 Å². The normalized spacial score (nSPS) is 16.7. The maximum absolute atomic E-state index is 11.9. The Morgan fingerprint density at radius 2 is 1.57 bits per heavy atom. The van der Waals surface area contributed by atoms with Crippen LogP contribution in [0.2, 0.25) is 0 Å². The molecule has 0 fully saturated rings. The highest BCUT2D eigenvalue weighted by molar-refractivity contribution is 7.89. The number of ether oxygens (including phenoxy) is 2. The van der Waals surface area contributed by atoms with E-state index in [0.717, 1.165) is 23.6 Å². The number of hydrogen-bond donors (Lipinski definition) is 0. The van der Waals surface area contributed by atoms with E-state index < -0.39 is 15.4 Å². The molecular formula is C17H24O5S. The largest absolute Gasteiger partial charge is 0.484 e. The van der Waals surface area contributed by atoms with Crippen LogP contribution in [0.5, 0.6) is 0 Å². The Morgan fingerprint density at radius 3 is 2.00 bits per heavy atom. The molecule has 0 spiro atoms. The van der Waals surface area contributed by atoms with Crippen molar-refractivity contribution in [3.8, 4) is 0 Å². The number of cyclic esters (lactones) is 1. The molecule has 2 rings (SSSR count). The third-order valence-electron chi connectivity index (χ3n) is 2.78. The molecule has 0 radical (unpaired) electrons. The monoisotopic (exact) mass is 340 g/mol. The molecular weight excluding hydrogens is 316 g/mol. The summed E-state index contributed by atoms with van der Waals surface area (Å²) in [5, 5.41) is 0. The third kappa shape index (κ3) is 6.06. The topological polar surface area (TPSA) is 69.7 Å². The number of rotatable bonds is 3. The van der Waals surface area contributed by atoms with E-state index in [2.05, 4.69) is 0 Å². The van der Waals surface area contributed by atoms with Crippen molar-refractivity contribution in [1.82, 2.24) is 0 Å². The summed E-state index contributed by atoms with van der Waals surface area (Å²) in [6, 6.07) is 9.74. The van der Waals surface area contributed by atoms with Gasteiger partial charge in [-0.25, -0.2) is 13.2 Å². The number of hydrogen-bond acceptors (Lipinski definition) is 5. The first-order chi connectivity index (χ1) is 10.4. The minimum Gasteiger partial charge on any atom is -0.484 e. The van der Waals surface area contributed by atoms with E-state index in [-0.39, 0.29) is 12.1 Å². The average Bonchev–Trinajstić information content (AvgIpc) is 2.57. The van der Waals surface area contributed by atoms with Crippen molar-refractivity contribution in [1.29, 1.82) is 0 Å². The smallest absolute Gasteiger partial charge is 0.374 e. The Bertz CT molecular complexity index is 677. The van der Waals surface area contributed by atoms with Crippen molar-refractivity contribution >= 4 is 21.4 Å². The molecule has 6 heteroatoms. The van der Waals surface area contributed by atoms with Crippen LogP contribution < -0.4 is 0 Å². The molecule has 0 atom stereocenters. The lowest BCUT2D eigenvalue weighted by molar-refractivity contribution is -0.147. The van der Waals surface area contributed by atoms with Crippen molar-refractivity contribution in [2.75, 3.05) is 12.5 Å². The Labute approximate surface area is 138 Å². The van der Waals surface area contributed by atoms with Crippen molar-refractivity contribution in [2.24, 2.45) is 0 Å².